The van der Waals surface area contributed by atoms with Gasteiger partial charge in [0, 0.05) is 18.4 Å². The van der Waals surface area contributed by atoms with Crippen LogP contribution in [0.2, 0.25) is 0 Å². The molecule has 1 aliphatic rings. The standard InChI is InChI=1S/C15H18O2/c1-2-3-4-5-6-13-7-9-14(10-8-13)15-16-11-12-17-15/h7-10,15H,2-3,6,11-12H2,1H3. The summed E-state index contributed by atoms with van der Waals surface area (Å²) in [5.41, 5.74) is 2.34. The summed E-state index contributed by atoms with van der Waals surface area (Å²) < 4.78 is 10.9. The summed E-state index contributed by atoms with van der Waals surface area (Å²) in [4.78, 5) is 0. The van der Waals surface area contributed by atoms with E-state index in [0.29, 0.717) is 13.2 Å². The van der Waals surface area contributed by atoms with E-state index in [1.165, 1.54) is 5.56 Å². The molecule has 0 aromatic heterocycles. The number of benzene rings is 1. The van der Waals surface area contributed by atoms with Gasteiger partial charge in [0.15, 0.2) is 6.29 Å². The first-order valence-electron chi connectivity index (χ1n) is 6.18. The van der Waals surface area contributed by atoms with Crippen LogP contribution >= 0.6 is 0 Å². The molecule has 0 bridgehead atoms. The SMILES string of the molecule is CCCC#CCc1ccc(C2OCCO2)cc1. The van der Waals surface area contributed by atoms with Gasteiger partial charge in [0.05, 0.1) is 13.2 Å². The van der Waals surface area contributed by atoms with Crippen molar-refractivity contribution < 1.29 is 9.47 Å². The van der Waals surface area contributed by atoms with Gasteiger partial charge in [-0.3, -0.25) is 0 Å². The van der Waals surface area contributed by atoms with Crippen molar-refractivity contribution in [1.82, 2.24) is 0 Å². The third kappa shape index (κ3) is 3.59. The maximum absolute atomic E-state index is 5.44. The Labute approximate surface area is 103 Å². The number of rotatable bonds is 3. The van der Waals surface area contributed by atoms with E-state index in [9.17, 15) is 0 Å². The molecule has 0 N–H and O–H groups in total. The van der Waals surface area contributed by atoms with Crippen LogP contribution in [0.1, 0.15) is 37.2 Å². The first kappa shape index (κ1) is 12.2. The van der Waals surface area contributed by atoms with Gasteiger partial charge in [0.25, 0.3) is 0 Å². The molecule has 90 valence electrons. The summed E-state index contributed by atoms with van der Waals surface area (Å²) in [5.74, 6) is 6.33. The molecule has 1 saturated heterocycles. The van der Waals surface area contributed by atoms with Gasteiger partial charge < -0.3 is 9.47 Å². The van der Waals surface area contributed by atoms with E-state index in [1.807, 2.05) is 0 Å². The van der Waals surface area contributed by atoms with E-state index in [0.717, 1.165) is 24.8 Å². The number of hydrogen-bond acceptors (Lipinski definition) is 2. The molecule has 1 aromatic rings. The van der Waals surface area contributed by atoms with Crippen LogP contribution in [0, 0.1) is 11.8 Å². The maximum Gasteiger partial charge on any atom is 0.184 e. The molecule has 17 heavy (non-hydrogen) atoms. The number of ether oxygens (including phenoxy) is 2. The lowest BCUT2D eigenvalue weighted by Crippen LogP contribution is -1.97. The summed E-state index contributed by atoms with van der Waals surface area (Å²) in [6.45, 7) is 3.52. The molecule has 1 aliphatic heterocycles. The number of unbranched alkanes of at least 4 members (excludes halogenated alkanes) is 1. The molecular weight excluding hydrogens is 212 g/mol. The van der Waals surface area contributed by atoms with Gasteiger partial charge >= 0.3 is 0 Å². The molecule has 2 heteroatoms. The van der Waals surface area contributed by atoms with Crippen LogP contribution in [0.4, 0.5) is 0 Å². The lowest BCUT2D eigenvalue weighted by Gasteiger charge is -2.09. The second kappa shape index (κ2) is 6.44. The van der Waals surface area contributed by atoms with Crippen molar-refractivity contribution in [3.8, 4) is 11.8 Å². The lowest BCUT2D eigenvalue weighted by molar-refractivity contribution is -0.0441. The largest absolute Gasteiger partial charge is 0.346 e. The molecule has 0 aliphatic carbocycles. The molecule has 0 saturated carbocycles. The minimum atomic E-state index is -0.171. The Kier molecular flexibility index (Phi) is 4.61. The summed E-state index contributed by atoms with van der Waals surface area (Å²) in [6, 6.07) is 8.32. The van der Waals surface area contributed by atoms with E-state index >= 15 is 0 Å². The van der Waals surface area contributed by atoms with Gasteiger partial charge in [-0.15, -0.1) is 5.92 Å². The van der Waals surface area contributed by atoms with Crippen LogP contribution in [-0.4, -0.2) is 13.2 Å². The highest BCUT2D eigenvalue weighted by molar-refractivity contribution is 5.26. The molecule has 0 unspecified atom stereocenters. The topological polar surface area (TPSA) is 18.5 Å². The second-order valence-electron chi connectivity index (χ2n) is 4.10. The van der Waals surface area contributed by atoms with Crippen LogP contribution in [0.3, 0.4) is 0 Å². The molecule has 0 atom stereocenters. The van der Waals surface area contributed by atoms with Gasteiger partial charge in [0.2, 0.25) is 0 Å². The lowest BCUT2D eigenvalue weighted by atomic mass is 10.1. The molecule has 2 nitrogen and oxygen atoms in total. The molecule has 1 fully saturated rings. The quantitative estimate of drug-likeness (QED) is 0.743. The van der Waals surface area contributed by atoms with E-state index in [1.54, 1.807) is 0 Å². The molecule has 1 aromatic carbocycles. The van der Waals surface area contributed by atoms with Gasteiger partial charge in [-0.25, -0.2) is 0 Å². The summed E-state index contributed by atoms with van der Waals surface area (Å²) in [5, 5.41) is 0. The second-order valence-corrected chi connectivity index (χ2v) is 4.10. The average molecular weight is 230 g/mol. The fourth-order valence-corrected chi connectivity index (χ4v) is 1.72. The van der Waals surface area contributed by atoms with Crippen molar-refractivity contribution in [1.29, 1.82) is 0 Å². The zero-order valence-electron chi connectivity index (χ0n) is 10.2. The minimum absolute atomic E-state index is 0.171. The highest BCUT2D eigenvalue weighted by atomic mass is 16.7. The van der Waals surface area contributed by atoms with Crippen LogP contribution in [0.5, 0.6) is 0 Å². The van der Waals surface area contributed by atoms with Crippen molar-refractivity contribution in [3.05, 3.63) is 35.4 Å². The van der Waals surface area contributed by atoms with Gasteiger partial charge in [0.1, 0.15) is 0 Å². The average Bonchev–Trinajstić information content (AvgIpc) is 2.89. The first-order valence-corrected chi connectivity index (χ1v) is 6.18. The monoisotopic (exact) mass is 230 g/mol. The van der Waals surface area contributed by atoms with Crippen LogP contribution in [0.15, 0.2) is 24.3 Å². The molecule has 0 amide bonds. The Morgan fingerprint density at radius 3 is 2.47 bits per heavy atom. The van der Waals surface area contributed by atoms with Crippen molar-refractivity contribution in [2.75, 3.05) is 13.2 Å². The van der Waals surface area contributed by atoms with Crippen LogP contribution < -0.4 is 0 Å². The van der Waals surface area contributed by atoms with Crippen molar-refractivity contribution in [2.45, 2.75) is 32.5 Å². The highest BCUT2D eigenvalue weighted by Crippen LogP contribution is 2.23. The molecule has 1 heterocycles. The Balaban J connectivity index is 1.91. The summed E-state index contributed by atoms with van der Waals surface area (Å²) in [7, 11) is 0. The van der Waals surface area contributed by atoms with E-state index in [4.69, 9.17) is 9.47 Å². The molecule has 2 rings (SSSR count). The van der Waals surface area contributed by atoms with E-state index in [2.05, 4.69) is 43.0 Å². The molecule has 0 radical (unpaired) electrons. The van der Waals surface area contributed by atoms with Crippen molar-refractivity contribution in [2.24, 2.45) is 0 Å². The predicted molar refractivity (Wildman–Crippen MR) is 67.5 cm³/mol. The normalized spacial score (nSPS) is 15.6. The predicted octanol–water partition coefficient (Wildman–Crippen LogP) is 3.08. The third-order valence-electron chi connectivity index (χ3n) is 2.67. The maximum atomic E-state index is 5.44. The Morgan fingerprint density at radius 2 is 1.82 bits per heavy atom. The first-order chi connectivity index (χ1) is 8.40. The fourth-order valence-electron chi connectivity index (χ4n) is 1.72. The third-order valence-corrected chi connectivity index (χ3v) is 2.67. The Bertz CT molecular complexity index is 391. The molecule has 0 spiro atoms. The van der Waals surface area contributed by atoms with Gasteiger partial charge in [-0.2, -0.15) is 0 Å². The van der Waals surface area contributed by atoms with Gasteiger partial charge in [-0.05, 0) is 12.0 Å². The Morgan fingerprint density at radius 1 is 1.12 bits per heavy atom. The van der Waals surface area contributed by atoms with E-state index < -0.39 is 0 Å². The zero-order valence-corrected chi connectivity index (χ0v) is 10.2. The minimum Gasteiger partial charge on any atom is -0.346 e. The van der Waals surface area contributed by atoms with Crippen LogP contribution in [0.25, 0.3) is 0 Å². The zero-order chi connectivity index (χ0) is 11.9. The summed E-state index contributed by atoms with van der Waals surface area (Å²) in [6.07, 6.45) is 2.77. The number of hydrogen-bond donors (Lipinski definition) is 0. The smallest absolute Gasteiger partial charge is 0.184 e. The Hall–Kier alpha value is -1.30. The summed E-state index contributed by atoms with van der Waals surface area (Å²) >= 11 is 0. The van der Waals surface area contributed by atoms with Gasteiger partial charge in [-0.1, -0.05) is 37.1 Å². The van der Waals surface area contributed by atoms with Crippen molar-refractivity contribution >= 4 is 0 Å². The molecular formula is C15H18O2. The van der Waals surface area contributed by atoms with Crippen molar-refractivity contribution in [3.63, 3.8) is 0 Å². The highest BCUT2D eigenvalue weighted by Gasteiger charge is 2.17. The fraction of sp³-hybridized carbons (Fsp3) is 0.467. The van der Waals surface area contributed by atoms with E-state index in [-0.39, 0.29) is 6.29 Å². The van der Waals surface area contributed by atoms with Crippen LogP contribution in [-0.2, 0) is 15.9 Å².